The number of hydrogen-bond donors (Lipinski definition) is 1. The zero-order valence-corrected chi connectivity index (χ0v) is 9.98. The molecular formula is C9H14ClN3OS. The monoisotopic (exact) mass is 247 g/mol. The molecule has 1 unspecified atom stereocenters. The minimum Gasteiger partial charge on any atom is -0.407 e. The van der Waals surface area contributed by atoms with E-state index in [0.717, 1.165) is 6.54 Å². The third kappa shape index (κ3) is 3.28. The molecule has 1 saturated heterocycles. The molecule has 0 bridgehead atoms. The van der Waals surface area contributed by atoms with E-state index < -0.39 is 0 Å². The molecule has 2 rings (SSSR count). The van der Waals surface area contributed by atoms with Gasteiger partial charge in [0, 0.05) is 11.8 Å². The van der Waals surface area contributed by atoms with Gasteiger partial charge in [0.2, 0.25) is 5.89 Å². The number of nitrogens with one attached hydrogen (secondary N) is 1. The number of anilines is 1. The van der Waals surface area contributed by atoms with Gasteiger partial charge < -0.3 is 9.73 Å². The number of halogens is 1. The van der Waals surface area contributed by atoms with Gasteiger partial charge in [0.1, 0.15) is 5.88 Å². The summed E-state index contributed by atoms with van der Waals surface area (Å²) in [6.45, 7) is 0.897. The van der Waals surface area contributed by atoms with Crippen molar-refractivity contribution in [3.63, 3.8) is 0 Å². The first-order valence-corrected chi connectivity index (χ1v) is 6.70. The average Bonchev–Trinajstić information content (AvgIpc) is 2.76. The highest BCUT2D eigenvalue weighted by Gasteiger charge is 2.14. The molecule has 6 heteroatoms. The summed E-state index contributed by atoms with van der Waals surface area (Å²) < 4.78 is 5.25. The van der Waals surface area contributed by atoms with E-state index in [1.165, 1.54) is 25.0 Å². The van der Waals surface area contributed by atoms with Crippen molar-refractivity contribution in [1.29, 1.82) is 0 Å². The summed E-state index contributed by atoms with van der Waals surface area (Å²) in [5, 5.41) is 11.5. The summed E-state index contributed by atoms with van der Waals surface area (Å²) in [4.78, 5) is 0. The highest BCUT2D eigenvalue weighted by atomic mass is 35.5. The van der Waals surface area contributed by atoms with Crippen molar-refractivity contribution in [2.45, 2.75) is 30.4 Å². The smallest absolute Gasteiger partial charge is 0.315 e. The van der Waals surface area contributed by atoms with E-state index >= 15 is 0 Å². The maximum absolute atomic E-state index is 5.56. The molecule has 0 saturated carbocycles. The van der Waals surface area contributed by atoms with Gasteiger partial charge in [-0.1, -0.05) is 11.5 Å². The third-order valence-electron chi connectivity index (χ3n) is 2.34. The Morgan fingerprint density at radius 2 is 2.40 bits per heavy atom. The Kier molecular flexibility index (Phi) is 4.14. The Balaban J connectivity index is 1.76. The van der Waals surface area contributed by atoms with Crippen molar-refractivity contribution in [2.24, 2.45) is 0 Å². The van der Waals surface area contributed by atoms with Gasteiger partial charge in [0.25, 0.3) is 0 Å². The van der Waals surface area contributed by atoms with E-state index in [1.807, 2.05) is 11.8 Å². The predicted molar refractivity (Wildman–Crippen MR) is 62.4 cm³/mol. The lowest BCUT2D eigenvalue weighted by Gasteiger charge is -2.20. The van der Waals surface area contributed by atoms with E-state index in [0.29, 0.717) is 17.2 Å². The largest absolute Gasteiger partial charge is 0.407 e. The summed E-state index contributed by atoms with van der Waals surface area (Å²) in [6, 6.07) is 0.483. The normalized spacial score (nSPS) is 21.5. The minimum atomic E-state index is 0.271. The Hall–Kier alpha value is -0.420. The van der Waals surface area contributed by atoms with Crippen molar-refractivity contribution in [3.8, 4) is 0 Å². The molecule has 15 heavy (non-hydrogen) atoms. The molecule has 0 amide bonds. The molecule has 0 aliphatic carbocycles. The molecule has 1 aliphatic heterocycles. The van der Waals surface area contributed by atoms with Crippen LogP contribution in [0.5, 0.6) is 0 Å². The van der Waals surface area contributed by atoms with Crippen LogP contribution < -0.4 is 5.32 Å². The second-order valence-corrected chi connectivity index (χ2v) is 5.18. The highest BCUT2D eigenvalue weighted by Crippen LogP contribution is 2.25. The first kappa shape index (κ1) is 11.1. The van der Waals surface area contributed by atoms with Gasteiger partial charge in [0.15, 0.2) is 0 Å². The van der Waals surface area contributed by atoms with Crippen LogP contribution in [-0.2, 0) is 5.88 Å². The Morgan fingerprint density at radius 1 is 1.47 bits per heavy atom. The van der Waals surface area contributed by atoms with Crippen molar-refractivity contribution < 1.29 is 4.42 Å². The molecule has 0 radical (unpaired) electrons. The fraction of sp³-hybridized carbons (Fsp3) is 0.778. The number of alkyl halides is 1. The van der Waals surface area contributed by atoms with Gasteiger partial charge in [0.05, 0.1) is 0 Å². The first-order valence-electron chi connectivity index (χ1n) is 5.12. The van der Waals surface area contributed by atoms with Crippen LogP contribution in [0.3, 0.4) is 0 Å². The van der Waals surface area contributed by atoms with Crippen LogP contribution in [0.1, 0.15) is 25.2 Å². The van der Waals surface area contributed by atoms with Gasteiger partial charge in [-0.25, -0.2) is 0 Å². The summed E-state index contributed by atoms with van der Waals surface area (Å²) >= 11 is 7.58. The summed E-state index contributed by atoms with van der Waals surface area (Å²) in [7, 11) is 0. The standard InChI is InChI=1S/C9H14ClN3OS/c10-5-8-12-13-9(14-8)11-6-7-3-1-2-4-15-7/h7H,1-6H2,(H,11,13). The topological polar surface area (TPSA) is 51.0 Å². The SMILES string of the molecule is ClCc1nnc(NCC2CCCCS2)o1. The van der Waals surface area contributed by atoms with Crippen LogP contribution >= 0.6 is 23.4 Å². The third-order valence-corrected chi connectivity index (χ3v) is 3.96. The van der Waals surface area contributed by atoms with Crippen molar-refractivity contribution in [2.75, 3.05) is 17.6 Å². The Labute approximate surface area is 98.2 Å². The number of aromatic nitrogens is 2. The number of hydrogen-bond acceptors (Lipinski definition) is 5. The molecular weight excluding hydrogens is 234 g/mol. The highest BCUT2D eigenvalue weighted by molar-refractivity contribution is 7.99. The zero-order chi connectivity index (χ0) is 10.5. The second-order valence-electron chi connectivity index (χ2n) is 3.50. The summed E-state index contributed by atoms with van der Waals surface area (Å²) in [6.07, 6.45) is 3.95. The van der Waals surface area contributed by atoms with E-state index in [1.54, 1.807) is 0 Å². The van der Waals surface area contributed by atoms with Gasteiger partial charge in [-0.2, -0.15) is 11.8 Å². The van der Waals surface area contributed by atoms with Crippen LogP contribution in [0, 0.1) is 0 Å². The van der Waals surface area contributed by atoms with Gasteiger partial charge in [-0.05, 0) is 18.6 Å². The average molecular weight is 248 g/mol. The lowest BCUT2D eigenvalue weighted by Crippen LogP contribution is -2.20. The second kappa shape index (κ2) is 5.61. The Morgan fingerprint density at radius 3 is 3.07 bits per heavy atom. The lowest BCUT2D eigenvalue weighted by molar-refractivity contribution is 0.524. The van der Waals surface area contributed by atoms with Crippen LogP contribution in [0.25, 0.3) is 0 Å². The molecule has 0 aromatic carbocycles. The Bertz CT molecular complexity index is 301. The van der Waals surface area contributed by atoms with E-state index in [4.69, 9.17) is 16.0 Å². The summed E-state index contributed by atoms with van der Waals surface area (Å²) in [5.74, 6) is 2.01. The van der Waals surface area contributed by atoms with Crippen LogP contribution in [0.4, 0.5) is 6.01 Å². The number of rotatable bonds is 4. The maximum Gasteiger partial charge on any atom is 0.315 e. The quantitative estimate of drug-likeness (QED) is 0.829. The van der Waals surface area contributed by atoms with Crippen molar-refractivity contribution >= 4 is 29.4 Å². The fourth-order valence-electron chi connectivity index (χ4n) is 1.55. The fourth-order valence-corrected chi connectivity index (χ4v) is 2.90. The molecule has 1 aromatic heterocycles. The molecule has 1 aliphatic rings. The van der Waals surface area contributed by atoms with Crippen LogP contribution in [0.15, 0.2) is 4.42 Å². The van der Waals surface area contributed by atoms with E-state index in [2.05, 4.69) is 15.5 Å². The van der Waals surface area contributed by atoms with Crippen LogP contribution in [0.2, 0.25) is 0 Å². The van der Waals surface area contributed by atoms with E-state index in [-0.39, 0.29) is 5.88 Å². The lowest BCUT2D eigenvalue weighted by atomic mass is 10.2. The predicted octanol–water partition coefficient (Wildman–Crippen LogP) is 2.51. The minimum absolute atomic E-state index is 0.271. The zero-order valence-electron chi connectivity index (χ0n) is 8.41. The van der Waals surface area contributed by atoms with E-state index in [9.17, 15) is 0 Å². The van der Waals surface area contributed by atoms with Crippen LogP contribution in [-0.4, -0.2) is 27.7 Å². The summed E-state index contributed by atoms with van der Waals surface area (Å²) in [5.41, 5.74) is 0. The molecule has 0 spiro atoms. The molecule has 1 fully saturated rings. The van der Waals surface area contributed by atoms with Gasteiger partial charge in [-0.3, -0.25) is 0 Å². The molecule has 1 N–H and O–H groups in total. The molecule has 4 nitrogen and oxygen atoms in total. The number of thioether (sulfide) groups is 1. The molecule has 1 aromatic rings. The number of nitrogens with zero attached hydrogens (tertiary/aromatic N) is 2. The van der Waals surface area contributed by atoms with Crippen molar-refractivity contribution in [3.05, 3.63) is 5.89 Å². The first-order chi connectivity index (χ1) is 7.38. The molecule has 1 atom stereocenters. The van der Waals surface area contributed by atoms with Crippen molar-refractivity contribution in [1.82, 2.24) is 10.2 Å². The molecule has 2 heterocycles. The van der Waals surface area contributed by atoms with Gasteiger partial charge >= 0.3 is 6.01 Å². The van der Waals surface area contributed by atoms with Gasteiger partial charge in [-0.15, -0.1) is 16.7 Å². The maximum atomic E-state index is 5.56. The molecule has 84 valence electrons.